The van der Waals surface area contributed by atoms with Crippen molar-refractivity contribution in [3.8, 4) is 0 Å². The summed E-state index contributed by atoms with van der Waals surface area (Å²) >= 11 is 0. The van der Waals surface area contributed by atoms with Gasteiger partial charge in [-0.3, -0.25) is 0 Å². The van der Waals surface area contributed by atoms with Crippen molar-refractivity contribution < 1.29 is 4.39 Å². The Bertz CT molecular complexity index is 743. The van der Waals surface area contributed by atoms with E-state index in [1.165, 1.54) is 5.57 Å². The third-order valence-electron chi connectivity index (χ3n) is 3.86. The van der Waals surface area contributed by atoms with E-state index in [0.29, 0.717) is 35.5 Å². The fourth-order valence-electron chi connectivity index (χ4n) is 2.68. The van der Waals surface area contributed by atoms with E-state index in [4.69, 9.17) is 0 Å². The third-order valence-corrected chi connectivity index (χ3v) is 3.86. The van der Waals surface area contributed by atoms with Crippen LogP contribution in [0.25, 0.3) is 11.0 Å². The lowest BCUT2D eigenvalue weighted by Gasteiger charge is -2.09. The van der Waals surface area contributed by atoms with Crippen molar-refractivity contribution in [2.45, 2.75) is 53.4 Å². The van der Waals surface area contributed by atoms with E-state index in [1.54, 1.807) is 0 Å². The fraction of sp³-hybridized carbons (Fsp3) is 0.474. The van der Waals surface area contributed by atoms with Gasteiger partial charge in [-0.25, -0.2) is 14.4 Å². The van der Waals surface area contributed by atoms with Crippen LogP contribution in [-0.2, 0) is 12.8 Å². The first-order valence-electron chi connectivity index (χ1n) is 8.88. The molecule has 2 N–H and O–H groups in total. The molecule has 0 unspecified atom stereocenters. The van der Waals surface area contributed by atoms with Gasteiger partial charge in [0, 0.05) is 13.0 Å². The van der Waals surface area contributed by atoms with E-state index in [2.05, 4.69) is 32.4 Å². The number of H-pyrrole nitrogens is 1. The number of hydrogen-bond donors (Lipinski definition) is 2. The van der Waals surface area contributed by atoms with Crippen LogP contribution in [0.5, 0.6) is 0 Å². The average Bonchev–Trinajstić information content (AvgIpc) is 3.23. The molecule has 24 heavy (non-hydrogen) atoms. The molecule has 4 nitrogen and oxygen atoms in total. The molecule has 0 bridgehead atoms. The topological polar surface area (TPSA) is 53.6 Å². The van der Waals surface area contributed by atoms with E-state index in [1.807, 2.05) is 33.8 Å². The van der Waals surface area contributed by atoms with Gasteiger partial charge in [-0.15, -0.1) is 0 Å². The van der Waals surface area contributed by atoms with E-state index >= 15 is 0 Å². The predicted octanol–water partition coefficient (Wildman–Crippen LogP) is 4.94. The lowest BCUT2D eigenvalue weighted by Crippen LogP contribution is -2.08. The summed E-state index contributed by atoms with van der Waals surface area (Å²) in [5.74, 6) is 1.09. The van der Waals surface area contributed by atoms with Gasteiger partial charge in [0.2, 0.25) is 0 Å². The van der Waals surface area contributed by atoms with Crippen molar-refractivity contribution in [1.29, 1.82) is 0 Å². The molecule has 0 aliphatic heterocycles. The highest BCUT2D eigenvalue weighted by Crippen LogP contribution is 2.27. The van der Waals surface area contributed by atoms with Crippen molar-refractivity contribution in [3.63, 3.8) is 0 Å². The highest BCUT2D eigenvalue weighted by atomic mass is 19.1. The summed E-state index contributed by atoms with van der Waals surface area (Å²) in [4.78, 5) is 12.0. The Balaban J connectivity index is 0.00000100. The molecule has 1 aliphatic carbocycles. The molecule has 0 saturated heterocycles. The molecule has 0 saturated carbocycles. The fourth-order valence-corrected chi connectivity index (χ4v) is 2.68. The highest BCUT2D eigenvalue weighted by Gasteiger charge is 2.18. The Morgan fingerprint density at radius 3 is 2.67 bits per heavy atom. The zero-order chi connectivity index (χ0) is 17.5. The minimum atomic E-state index is -0.222. The number of allylic oxidation sites excluding steroid dienone is 3. The zero-order valence-electron chi connectivity index (χ0n) is 15.0. The number of nitrogens with zero attached hydrogens (tertiary/aromatic N) is 2. The summed E-state index contributed by atoms with van der Waals surface area (Å²) in [6.45, 7) is 8.71. The van der Waals surface area contributed by atoms with Gasteiger partial charge in [0.15, 0.2) is 5.82 Å². The molecule has 0 fully saturated rings. The van der Waals surface area contributed by atoms with Gasteiger partial charge in [-0.1, -0.05) is 52.3 Å². The molecule has 0 aromatic carbocycles. The van der Waals surface area contributed by atoms with Gasteiger partial charge in [-0.2, -0.15) is 0 Å². The summed E-state index contributed by atoms with van der Waals surface area (Å²) < 4.78 is 14.6. The van der Waals surface area contributed by atoms with Crippen LogP contribution in [0.1, 0.15) is 52.1 Å². The molecule has 0 radical (unpaired) electrons. The monoisotopic (exact) mass is 330 g/mol. The first-order chi connectivity index (χ1) is 11.7. The van der Waals surface area contributed by atoms with Gasteiger partial charge < -0.3 is 10.3 Å². The summed E-state index contributed by atoms with van der Waals surface area (Å²) in [6, 6.07) is 0. The summed E-state index contributed by atoms with van der Waals surface area (Å²) in [5, 5.41) is 3.76. The molecule has 2 aromatic heterocycles. The van der Waals surface area contributed by atoms with Gasteiger partial charge in [-0.05, 0) is 18.4 Å². The van der Waals surface area contributed by atoms with Crippen LogP contribution in [0.2, 0.25) is 0 Å². The molecule has 0 atom stereocenters. The van der Waals surface area contributed by atoms with Crippen LogP contribution in [0.15, 0.2) is 23.8 Å². The van der Waals surface area contributed by atoms with Crippen LogP contribution in [0.4, 0.5) is 10.2 Å². The smallest absolute Gasteiger partial charge is 0.157 e. The number of halogens is 1. The standard InChI is InChI=1S/C17H21FN4.C2H6/c1-3-7-12-15(18)14-16(19-10-11-8-5-6-9-11)21-13(4-2)22-17(14)20-12;1-2/h5-6,8H,3-4,7,9-10H2,1-2H3,(H2,19,20,21,22);1-2H3. The maximum Gasteiger partial charge on any atom is 0.157 e. The number of anilines is 1. The van der Waals surface area contributed by atoms with Crippen LogP contribution >= 0.6 is 0 Å². The maximum absolute atomic E-state index is 14.6. The summed E-state index contributed by atoms with van der Waals surface area (Å²) in [5.41, 5.74) is 2.48. The Labute approximate surface area is 143 Å². The second kappa shape index (κ2) is 8.62. The van der Waals surface area contributed by atoms with Gasteiger partial charge in [0.25, 0.3) is 0 Å². The summed E-state index contributed by atoms with van der Waals surface area (Å²) in [7, 11) is 0. The Morgan fingerprint density at radius 2 is 2.04 bits per heavy atom. The lowest BCUT2D eigenvalue weighted by molar-refractivity contribution is 0.616. The highest BCUT2D eigenvalue weighted by molar-refractivity contribution is 5.88. The third kappa shape index (κ3) is 3.83. The lowest BCUT2D eigenvalue weighted by atomic mass is 10.2. The minimum Gasteiger partial charge on any atom is -0.366 e. The molecular weight excluding hydrogens is 303 g/mol. The van der Waals surface area contributed by atoms with Gasteiger partial charge >= 0.3 is 0 Å². The van der Waals surface area contributed by atoms with Crippen LogP contribution in [0.3, 0.4) is 0 Å². The van der Waals surface area contributed by atoms with E-state index in [0.717, 1.165) is 25.1 Å². The molecule has 0 spiro atoms. The van der Waals surface area contributed by atoms with Crippen molar-refractivity contribution >= 4 is 16.9 Å². The Morgan fingerprint density at radius 1 is 1.25 bits per heavy atom. The normalized spacial score (nSPS) is 13.0. The van der Waals surface area contributed by atoms with Crippen molar-refractivity contribution in [2.75, 3.05) is 11.9 Å². The van der Waals surface area contributed by atoms with E-state index < -0.39 is 0 Å². The van der Waals surface area contributed by atoms with Crippen molar-refractivity contribution in [3.05, 3.63) is 41.1 Å². The Kier molecular flexibility index (Phi) is 6.53. The quantitative estimate of drug-likeness (QED) is 0.789. The molecule has 0 amide bonds. The number of aromatic amines is 1. The van der Waals surface area contributed by atoms with Crippen molar-refractivity contribution in [1.82, 2.24) is 15.0 Å². The number of hydrogen-bond acceptors (Lipinski definition) is 3. The Hall–Kier alpha value is -2.17. The van der Waals surface area contributed by atoms with Crippen LogP contribution in [-0.4, -0.2) is 21.5 Å². The van der Waals surface area contributed by atoms with Gasteiger partial charge in [0.1, 0.15) is 17.3 Å². The number of fused-ring (bicyclic) bond motifs is 1. The largest absolute Gasteiger partial charge is 0.366 e. The van der Waals surface area contributed by atoms with E-state index in [-0.39, 0.29) is 5.82 Å². The van der Waals surface area contributed by atoms with Crippen LogP contribution < -0.4 is 5.32 Å². The molecule has 1 aliphatic rings. The maximum atomic E-state index is 14.6. The minimum absolute atomic E-state index is 0.222. The molecular formula is C19H27FN4. The first kappa shape index (κ1) is 18.2. The number of nitrogens with one attached hydrogen (secondary N) is 2. The molecule has 2 heterocycles. The zero-order valence-corrected chi connectivity index (χ0v) is 15.0. The number of aryl methyl sites for hydroxylation is 2. The first-order valence-corrected chi connectivity index (χ1v) is 8.88. The molecule has 5 heteroatoms. The van der Waals surface area contributed by atoms with Crippen LogP contribution in [0, 0.1) is 5.82 Å². The van der Waals surface area contributed by atoms with E-state index in [9.17, 15) is 4.39 Å². The number of rotatable bonds is 6. The molecule has 130 valence electrons. The molecule has 2 aromatic rings. The SMILES string of the molecule is CC.CCCc1[nH]c2nc(CC)nc(NCC3=CC=CC3)c2c1F. The molecule has 3 rings (SSSR count). The second-order valence-corrected chi connectivity index (χ2v) is 5.54. The van der Waals surface area contributed by atoms with Crippen molar-refractivity contribution in [2.24, 2.45) is 0 Å². The van der Waals surface area contributed by atoms with Gasteiger partial charge in [0.05, 0.1) is 11.1 Å². The summed E-state index contributed by atoms with van der Waals surface area (Å²) in [6.07, 6.45) is 9.47. The number of aromatic nitrogens is 3. The predicted molar refractivity (Wildman–Crippen MR) is 98.9 cm³/mol. The second-order valence-electron chi connectivity index (χ2n) is 5.54. The average molecular weight is 330 g/mol.